The monoisotopic (exact) mass is 380 g/mol. The number of benzene rings is 1. The highest BCUT2D eigenvalue weighted by Gasteiger charge is 2.24. The zero-order valence-corrected chi connectivity index (χ0v) is 16.5. The Hall–Kier alpha value is -2.96. The Kier molecular flexibility index (Phi) is 4.75. The van der Waals surface area contributed by atoms with Crippen molar-refractivity contribution in [2.24, 2.45) is 0 Å². The van der Waals surface area contributed by atoms with E-state index in [1.165, 1.54) is 4.57 Å². The molecule has 0 fully saturated rings. The minimum atomic E-state index is -0.347. The van der Waals surface area contributed by atoms with Crippen LogP contribution in [0.15, 0.2) is 32.3 Å². The van der Waals surface area contributed by atoms with Gasteiger partial charge in [-0.3, -0.25) is 13.9 Å². The van der Waals surface area contributed by atoms with E-state index in [0.29, 0.717) is 24.4 Å². The van der Waals surface area contributed by atoms with E-state index in [1.807, 2.05) is 32.0 Å². The first-order chi connectivity index (χ1) is 13.5. The molecule has 3 aromatic rings. The van der Waals surface area contributed by atoms with Gasteiger partial charge in [0.1, 0.15) is 5.56 Å². The average Bonchev–Trinajstić information content (AvgIpc) is 2.94. The van der Waals surface area contributed by atoms with E-state index in [-0.39, 0.29) is 23.6 Å². The van der Waals surface area contributed by atoms with Crippen molar-refractivity contribution in [2.75, 3.05) is 0 Å². The lowest BCUT2D eigenvalue weighted by molar-refractivity contribution is 0.394. The SMILES string of the molecule is Cc1ccc(C)c(Cn2c(=O)c(-c3noc(C)n3)c3n(c2=O)CCCCC3)c1. The van der Waals surface area contributed by atoms with Crippen molar-refractivity contribution in [2.45, 2.75) is 59.5 Å². The molecule has 0 atom stereocenters. The normalized spacial score (nSPS) is 14.0. The highest BCUT2D eigenvalue weighted by atomic mass is 16.5. The van der Waals surface area contributed by atoms with Gasteiger partial charge in [-0.2, -0.15) is 4.98 Å². The van der Waals surface area contributed by atoms with Gasteiger partial charge in [0.15, 0.2) is 0 Å². The number of aromatic nitrogens is 4. The van der Waals surface area contributed by atoms with Gasteiger partial charge < -0.3 is 4.52 Å². The van der Waals surface area contributed by atoms with Gasteiger partial charge >= 0.3 is 5.69 Å². The van der Waals surface area contributed by atoms with E-state index in [0.717, 1.165) is 41.6 Å². The maximum absolute atomic E-state index is 13.4. The second-order valence-corrected chi connectivity index (χ2v) is 7.52. The predicted octanol–water partition coefficient (Wildman–Crippen LogP) is 2.76. The summed E-state index contributed by atoms with van der Waals surface area (Å²) in [5.41, 5.74) is 3.62. The van der Waals surface area contributed by atoms with Crippen molar-refractivity contribution in [3.8, 4) is 11.4 Å². The number of nitrogens with zero attached hydrogens (tertiary/aromatic N) is 4. The van der Waals surface area contributed by atoms with Crippen LogP contribution in [0.25, 0.3) is 11.4 Å². The van der Waals surface area contributed by atoms with Crippen molar-refractivity contribution in [1.82, 2.24) is 19.3 Å². The number of aryl methyl sites for hydroxylation is 3. The quantitative estimate of drug-likeness (QED) is 0.698. The highest BCUT2D eigenvalue weighted by Crippen LogP contribution is 2.22. The molecular formula is C21H24N4O3. The first-order valence-electron chi connectivity index (χ1n) is 9.69. The molecule has 0 amide bonds. The average molecular weight is 380 g/mol. The lowest BCUT2D eigenvalue weighted by Crippen LogP contribution is -2.43. The maximum atomic E-state index is 13.4. The number of hydrogen-bond donors (Lipinski definition) is 0. The summed E-state index contributed by atoms with van der Waals surface area (Å²) < 4.78 is 8.18. The van der Waals surface area contributed by atoms with Crippen LogP contribution in [-0.2, 0) is 19.5 Å². The third-order valence-electron chi connectivity index (χ3n) is 5.41. The van der Waals surface area contributed by atoms with E-state index in [1.54, 1.807) is 11.5 Å². The molecule has 2 aromatic heterocycles. The van der Waals surface area contributed by atoms with Gasteiger partial charge in [-0.1, -0.05) is 35.3 Å². The van der Waals surface area contributed by atoms with Gasteiger partial charge in [-0.25, -0.2) is 4.79 Å². The highest BCUT2D eigenvalue weighted by molar-refractivity contribution is 5.56. The Bertz CT molecular complexity index is 1150. The van der Waals surface area contributed by atoms with Crippen LogP contribution in [0.2, 0.25) is 0 Å². The predicted molar refractivity (Wildman–Crippen MR) is 106 cm³/mol. The molecule has 146 valence electrons. The van der Waals surface area contributed by atoms with Crippen LogP contribution < -0.4 is 11.2 Å². The third-order valence-corrected chi connectivity index (χ3v) is 5.41. The molecule has 4 rings (SSSR count). The van der Waals surface area contributed by atoms with Gasteiger partial charge in [-0.05, 0) is 44.2 Å². The summed E-state index contributed by atoms with van der Waals surface area (Å²) >= 11 is 0. The fourth-order valence-corrected chi connectivity index (χ4v) is 3.88. The third kappa shape index (κ3) is 3.21. The molecule has 0 bridgehead atoms. The molecular weight excluding hydrogens is 356 g/mol. The van der Waals surface area contributed by atoms with Gasteiger partial charge in [0.25, 0.3) is 5.56 Å². The van der Waals surface area contributed by atoms with E-state index >= 15 is 0 Å². The topological polar surface area (TPSA) is 82.9 Å². The van der Waals surface area contributed by atoms with E-state index in [9.17, 15) is 9.59 Å². The number of rotatable bonds is 3. The molecule has 1 aliphatic heterocycles. The van der Waals surface area contributed by atoms with Crippen LogP contribution in [-0.4, -0.2) is 19.3 Å². The minimum Gasteiger partial charge on any atom is -0.339 e. The second-order valence-electron chi connectivity index (χ2n) is 7.52. The zero-order valence-electron chi connectivity index (χ0n) is 16.5. The summed E-state index contributed by atoms with van der Waals surface area (Å²) in [7, 11) is 0. The van der Waals surface area contributed by atoms with Crippen molar-refractivity contribution < 1.29 is 4.52 Å². The number of hydrogen-bond acceptors (Lipinski definition) is 5. The maximum Gasteiger partial charge on any atom is 0.331 e. The lowest BCUT2D eigenvalue weighted by atomic mass is 10.1. The largest absolute Gasteiger partial charge is 0.339 e. The molecule has 3 heterocycles. The lowest BCUT2D eigenvalue weighted by Gasteiger charge is -2.17. The second kappa shape index (κ2) is 7.22. The van der Waals surface area contributed by atoms with Gasteiger partial charge in [0, 0.05) is 19.2 Å². The molecule has 0 N–H and O–H groups in total. The van der Waals surface area contributed by atoms with Crippen LogP contribution in [0, 0.1) is 20.8 Å². The van der Waals surface area contributed by atoms with E-state index in [4.69, 9.17) is 4.52 Å². The fraction of sp³-hybridized carbons (Fsp3) is 0.429. The Morgan fingerprint density at radius 2 is 1.93 bits per heavy atom. The molecule has 0 unspecified atom stereocenters. The summed E-state index contributed by atoms with van der Waals surface area (Å²) in [5.74, 6) is 0.664. The summed E-state index contributed by atoms with van der Waals surface area (Å²) in [6.07, 6.45) is 3.54. The van der Waals surface area contributed by atoms with Crippen molar-refractivity contribution in [1.29, 1.82) is 0 Å². The zero-order chi connectivity index (χ0) is 19.8. The standard InChI is InChI=1S/C21H24N4O3/c1-13-8-9-14(2)16(11-13)12-25-20(26)18(19-22-15(3)28-23-19)17-7-5-4-6-10-24(17)21(25)27/h8-9,11H,4-7,10,12H2,1-3H3. The van der Waals surface area contributed by atoms with E-state index < -0.39 is 0 Å². The summed E-state index contributed by atoms with van der Waals surface area (Å²) in [6.45, 7) is 6.52. The van der Waals surface area contributed by atoms with Crippen molar-refractivity contribution in [3.05, 3.63) is 67.3 Å². The molecule has 0 radical (unpaired) electrons. The Labute approximate surface area is 162 Å². The smallest absolute Gasteiger partial charge is 0.331 e. The van der Waals surface area contributed by atoms with Gasteiger partial charge in [0.2, 0.25) is 11.7 Å². The molecule has 0 aliphatic carbocycles. The molecule has 1 aliphatic rings. The van der Waals surface area contributed by atoms with Crippen molar-refractivity contribution >= 4 is 0 Å². The summed E-state index contributed by atoms with van der Waals surface area (Å²) in [6, 6.07) is 6.06. The van der Waals surface area contributed by atoms with Crippen LogP contribution in [0.3, 0.4) is 0 Å². The molecule has 0 saturated heterocycles. The van der Waals surface area contributed by atoms with Crippen LogP contribution in [0.1, 0.15) is 47.5 Å². The summed E-state index contributed by atoms with van der Waals surface area (Å²) in [4.78, 5) is 30.9. The van der Waals surface area contributed by atoms with Gasteiger partial charge in [-0.15, -0.1) is 0 Å². The van der Waals surface area contributed by atoms with Gasteiger partial charge in [0.05, 0.1) is 6.54 Å². The fourth-order valence-electron chi connectivity index (χ4n) is 3.88. The Morgan fingerprint density at radius 1 is 1.11 bits per heavy atom. The molecule has 7 heteroatoms. The van der Waals surface area contributed by atoms with E-state index in [2.05, 4.69) is 10.1 Å². The molecule has 0 spiro atoms. The minimum absolute atomic E-state index is 0.231. The van der Waals surface area contributed by atoms with Crippen LogP contribution in [0.5, 0.6) is 0 Å². The molecule has 1 aromatic carbocycles. The van der Waals surface area contributed by atoms with Crippen molar-refractivity contribution in [3.63, 3.8) is 0 Å². The first-order valence-corrected chi connectivity index (χ1v) is 9.69. The first kappa shape index (κ1) is 18.4. The van der Waals surface area contributed by atoms with Crippen LogP contribution >= 0.6 is 0 Å². The Balaban J connectivity index is 1.97. The molecule has 7 nitrogen and oxygen atoms in total. The van der Waals surface area contributed by atoms with Crippen LogP contribution in [0.4, 0.5) is 0 Å². The molecule has 0 saturated carbocycles. The summed E-state index contributed by atoms with van der Waals surface area (Å²) in [5, 5.41) is 3.98. The molecule has 28 heavy (non-hydrogen) atoms. The Morgan fingerprint density at radius 3 is 2.68 bits per heavy atom. The number of fused-ring (bicyclic) bond motifs is 1.